The summed E-state index contributed by atoms with van der Waals surface area (Å²) < 4.78 is 18.0. The van der Waals surface area contributed by atoms with Crippen LogP contribution >= 0.6 is 0 Å². The van der Waals surface area contributed by atoms with Crippen molar-refractivity contribution >= 4 is 5.97 Å². The molecular formula is C51H90O7. The average Bonchev–Trinajstić information content (AvgIpc) is 3.56. The molecule has 0 aromatic rings. The molecule has 0 amide bonds. The summed E-state index contributed by atoms with van der Waals surface area (Å²) >= 11 is 0. The Morgan fingerprint density at radius 2 is 1.45 bits per heavy atom. The first-order valence-corrected chi connectivity index (χ1v) is 25.0. The summed E-state index contributed by atoms with van der Waals surface area (Å²) in [4.78, 5) is 12.6. The molecular weight excluding hydrogens is 725 g/mol. The van der Waals surface area contributed by atoms with Gasteiger partial charge in [-0.2, -0.15) is 0 Å². The maximum atomic E-state index is 12.6. The van der Waals surface area contributed by atoms with Crippen molar-refractivity contribution in [2.24, 2.45) is 52.3 Å². The molecule has 0 spiro atoms. The van der Waals surface area contributed by atoms with Crippen LogP contribution in [0.3, 0.4) is 0 Å². The van der Waals surface area contributed by atoms with Crippen LogP contribution in [-0.4, -0.2) is 64.7 Å². The Balaban J connectivity index is 1.04. The first-order chi connectivity index (χ1) is 27.8. The summed E-state index contributed by atoms with van der Waals surface area (Å²) in [6.45, 7) is 17.0. The lowest BCUT2D eigenvalue weighted by atomic mass is 9.47. The third-order valence-corrected chi connectivity index (χ3v) is 17.2. The molecule has 4 fully saturated rings. The zero-order valence-electron chi connectivity index (χ0n) is 38.4. The van der Waals surface area contributed by atoms with Crippen LogP contribution in [0.25, 0.3) is 0 Å². The highest BCUT2D eigenvalue weighted by Gasteiger charge is 2.59. The van der Waals surface area contributed by atoms with E-state index in [2.05, 4.69) is 54.5 Å². The van der Waals surface area contributed by atoms with Gasteiger partial charge in [0.25, 0.3) is 0 Å². The van der Waals surface area contributed by atoms with Gasteiger partial charge in [0, 0.05) is 6.42 Å². The van der Waals surface area contributed by atoms with E-state index in [-0.39, 0.29) is 24.1 Å². The molecule has 5 rings (SSSR count). The molecule has 7 nitrogen and oxygen atoms in total. The minimum absolute atomic E-state index is 0.139. The largest absolute Gasteiger partial charge is 0.463 e. The van der Waals surface area contributed by atoms with E-state index in [0.717, 1.165) is 80.5 Å². The monoisotopic (exact) mass is 815 g/mol. The SMILES string of the molecule is CCCCCCCCCCCCCCCC(=O)OC[C@H]1O[C@@H](O[C@H]2CC[C@@]3(C)C(=CCC4C3CC[C@@]3(C)C4CC[C@@H]3[C@H](C)CC[C@H](CC)C(C)C)C2)[C@H](O)[C@@H](O)[C@@H]1O. The Bertz CT molecular complexity index is 1250. The van der Waals surface area contributed by atoms with E-state index < -0.39 is 30.7 Å². The lowest BCUT2D eigenvalue weighted by molar-refractivity contribution is -0.313. The topological polar surface area (TPSA) is 105 Å². The zero-order chi connectivity index (χ0) is 41.9. The van der Waals surface area contributed by atoms with E-state index in [1.165, 1.54) is 115 Å². The first kappa shape index (κ1) is 48.0. The smallest absolute Gasteiger partial charge is 0.305 e. The second-order valence-corrected chi connectivity index (χ2v) is 21.1. The molecule has 5 aliphatic rings. The van der Waals surface area contributed by atoms with E-state index >= 15 is 0 Å². The molecule has 3 N–H and O–H groups in total. The number of hydrogen-bond acceptors (Lipinski definition) is 7. The van der Waals surface area contributed by atoms with Gasteiger partial charge in [0.05, 0.1) is 6.10 Å². The van der Waals surface area contributed by atoms with Crippen molar-refractivity contribution in [3.8, 4) is 0 Å². The number of aliphatic hydroxyl groups excluding tert-OH is 3. The summed E-state index contributed by atoms with van der Waals surface area (Å²) in [6, 6.07) is 0. The zero-order valence-corrected chi connectivity index (χ0v) is 38.4. The predicted molar refractivity (Wildman–Crippen MR) is 235 cm³/mol. The Hall–Kier alpha value is -0.990. The van der Waals surface area contributed by atoms with Crippen LogP contribution in [0, 0.1) is 52.3 Å². The normalized spacial score (nSPS) is 37.1. The Kier molecular flexibility index (Phi) is 19.0. The number of aliphatic hydroxyl groups is 3. The number of unbranched alkanes of at least 4 members (excludes halogenated alkanes) is 12. The minimum Gasteiger partial charge on any atom is -0.463 e. The van der Waals surface area contributed by atoms with Crippen molar-refractivity contribution in [3.63, 3.8) is 0 Å². The van der Waals surface area contributed by atoms with E-state index in [4.69, 9.17) is 14.2 Å². The van der Waals surface area contributed by atoms with Crippen LogP contribution in [0.2, 0.25) is 0 Å². The van der Waals surface area contributed by atoms with Crippen LogP contribution in [0.1, 0.15) is 209 Å². The number of hydrogen-bond donors (Lipinski definition) is 3. The van der Waals surface area contributed by atoms with Gasteiger partial charge >= 0.3 is 5.97 Å². The lowest BCUT2D eigenvalue weighted by Crippen LogP contribution is -2.60. The fourth-order valence-electron chi connectivity index (χ4n) is 13.3. The molecule has 58 heavy (non-hydrogen) atoms. The van der Waals surface area contributed by atoms with Gasteiger partial charge in [0.1, 0.15) is 31.0 Å². The van der Waals surface area contributed by atoms with Crippen molar-refractivity contribution in [2.75, 3.05) is 6.61 Å². The highest BCUT2D eigenvalue weighted by Crippen LogP contribution is 2.67. The number of carbonyl (C=O) groups is 1. The summed E-state index contributed by atoms with van der Waals surface area (Å²) in [5.74, 6) is 5.24. The summed E-state index contributed by atoms with van der Waals surface area (Å²) in [5, 5.41) is 32.5. The average molecular weight is 815 g/mol. The lowest BCUT2D eigenvalue weighted by Gasteiger charge is -2.58. The van der Waals surface area contributed by atoms with Gasteiger partial charge in [-0.1, -0.05) is 150 Å². The van der Waals surface area contributed by atoms with Gasteiger partial charge in [-0.05, 0) is 116 Å². The van der Waals surface area contributed by atoms with Gasteiger partial charge in [0.15, 0.2) is 6.29 Å². The van der Waals surface area contributed by atoms with Crippen LogP contribution in [0.15, 0.2) is 11.6 Å². The maximum Gasteiger partial charge on any atom is 0.305 e. The maximum absolute atomic E-state index is 12.6. The summed E-state index contributed by atoms with van der Waals surface area (Å²) in [7, 11) is 0. The highest BCUT2D eigenvalue weighted by atomic mass is 16.7. The van der Waals surface area contributed by atoms with E-state index in [9.17, 15) is 20.1 Å². The second-order valence-electron chi connectivity index (χ2n) is 21.1. The second kappa shape index (κ2) is 22.9. The van der Waals surface area contributed by atoms with Gasteiger partial charge in [-0.15, -0.1) is 0 Å². The molecule has 1 aliphatic heterocycles. The molecule has 336 valence electrons. The quantitative estimate of drug-likeness (QED) is 0.0506. The van der Waals surface area contributed by atoms with Crippen molar-refractivity contribution in [1.29, 1.82) is 0 Å². The Morgan fingerprint density at radius 3 is 2.09 bits per heavy atom. The number of rotatable bonds is 24. The van der Waals surface area contributed by atoms with Crippen molar-refractivity contribution in [1.82, 2.24) is 0 Å². The first-order valence-electron chi connectivity index (χ1n) is 25.0. The van der Waals surface area contributed by atoms with Gasteiger partial charge < -0.3 is 29.5 Å². The number of allylic oxidation sites excluding steroid dienone is 1. The molecule has 0 aromatic heterocycles. The van der Waals surface area contributed by atoms with Crippen LogP contribution in [0.4, 0.5) is 0 Å². The molecule has 3 unspecified atom stereocenters. The van der Waals surface area contributed by atoms with E-state index in [0.29, 0.717) is 17.8 Å². The van der Waals surface area contributed by atoms with Crippen molar-refractivity contribution in [2.45, 2.75) is 246 Å². The van der Waals surface area contributed by atoms with Crippen LogP contribution in [-0.2, 0) is 19.0 Å². The third kappa shape index (κ3) is 11.9. The number of fused-ring (bicyclic) bond motifs is 5. The van der Waals surface area contributed by atoms with Crippen LogP contribution < -0.4 is 0 Å². The van der Waals surface area contributed by atoms with E-state index in [1.807, 2.05) is 0 Å². The van der Waals surface area contributed by atoms with Gasteiger partial charge in [-0.3, -0.25) is 4.79 Å². The molecule has 0 aromatic carbocycles. The highest BCUT2D eigenvalue weighted by molar-refractivity contribution is 5.69. The molecule has 1 heterocycles. The predicted octanol–water partition coefficient (Wildman–Crippen LogP) is 11.9. The summed E-state index contributed by atoms with van der Waals surface area (Å²) in [6.07, 6.45) is 26.1. The minimum atomic E-state index is -1.44. The molecule has 14 atom stereocenters. The molecule has 4 aliphatic carbocycles. The molecule has 1 saturated heterocycles. The third-order valence-electron chi connectivity index (χ3n) is 17.2. The van der Waals surface area contributed by atoms with Crippen LogP contribution in [0.5, 0.6) is 0 Å². The van der Waals surface area contributed by atoms with Crippen molar-refractivity contribution < 1.29 is 34.3 Å². The molecule has 7 heteroatoms. The van der Waals surface area contributed by atoms with Gasteiger partial charge in [-0.25, -0.2) is 0 Å². The Morgan fingerprint density at radius 1 is 0.793 bits per heavy atom. The standard InChI is InChI=1S/C51H90O7/c1-8-10-11-12-13-14-15-16-17-18-19-20-21-22-45(52)56-34-44-46(53)47(54)48(55)49(58-44)57-39-29-31-50(6)38(33-39)25-26-40-42-28-27-41(51(42,7)32-30-43(40)50)36(5)23-24-37(9-2)35(3)4/h25,35-37,39-44,46-49,53-55H,8-24,26-34H2,1-7H3/t36-,37+,39+,40?,41-,42?,43?,44-,46-,47+,48-,49-,50+,51-/m1/s1. The molecule has 0 radical (unpaired) electrons. The molecule has 0 bridgehead atoms. The van der Waals surface area contributed by atoms with E-state index in [1.54, 1.807) is 0 Å². The fourth-order valence-corrected chi connectivity index (χ4v) is 13.3. The number of esters is 1. The summed E-state index contributed by atoms with van der Waals surface area (Å²) in [5.41, 5.74) is 2.13. The Labute approximate surface area is 355 Å². The molecule has 3 saturated carbocycles. The van der Waals surface area contributed by atoms with Gasteiger partial charge in [0.2, 0.25) is 0 Å². The fraction of sp³-hybridized carbons (Fsp3) is 0.941. The number of carbonyl (C=O) groups excluding carboxylic acids is 1. The number of ether oxygens (including phenoxy) is 3. The van der Waals surface area contributed by atoms with Crippen molar-refractivity contribution in [3.05, 3.63) is 11.6 Å².